The second-order valence-corrected chi connectivity index (χ2v) is 4.72. The van der Waals surface area contributed by atoms with E-state index in [0.717, 1.165) is 16.2 Å². The van der Waals surface area contributed by atoms with Crippen molar-refractivity contribution in [2.75, 3.05) is 5.33 Å². The predicted molar refractivity (Wildman–Crippen MR) is 63.3 cm³/mol. The molecular formula is C10H13Br2N. The van der Waals surface area contributed by atoms with Crippen LogP contribution in [0.3, 0.4) is 0 Å². The Kier molecular flexibility index (Phi) is 5.63. The van der Waals surface area contributed by atoms with Crippen LogP contribution in [-0.4, -0.2) is 10.3 Å². The molecule has 0 aliphatic heterocycles. The van der Waals surface area contributed by atoms with Gasteiger partial charge in [-0.05, 0) is 46.8 Å². The Balaban J connectivity index is 2.28. The molecule has 0 unspecified atom stereocenters. The molecule has 0 aliphatic carbocycles. The molecule has 1 heterocycles. The number of pyridine rings is 1. The summed E-state index contributed by atoms with van der Waals surface area (Å²) >= 11 is 6.84. The molecule has 0 atom stereocenters. The Morgan fingerprint density at radius 2 is 2.00 bits per heavy atom. The first-order valence-corrected chi connectivity index (χ1v) is 6.40. The number of aryl methyl sites for hydroxylation is 1. The number of hydrogen-bond acceptors (Lipinski definition) is 1. The Bertz CT molecular complexity index is 250. The predicted octanol–water partition coefficient (Wildman–Crippen LogP) is 3.95. The van der Waals surface area contributed by atoms with E-state index >= 15 is 0 Å². The Labute approximate surface area is 96.2 Å². The quantitative estimate of drug-likeness (QED) is 0.593. The van der Waals surface area contributed by atoms with Gasteiger partial charge in [-0.1, -0.05) is 22.4 Å². The van der Waals surface area contributed by atoms with Crippen LogP contribution >= 0.6 is 31.9 Å². The monoisotopic (exact) mass is 305 g/mol. The molecule has 1 rings (SSSR count). The first-order chi connectivity index (χ1) is 6.33. The summed E-state index contributed by atoms with van der Waals surface area (Å²) in [6, 6.07) is 2.14. The average molecular weight is 307 g/mol. The molecule has 1 aromatic heterocycles. The van der Waals surface area contributed by atoms with Gasteiger partial charge in [0, 0.05) is 22.2 Å². The van der Waals surface area contributed by atoms with Crippen LogP contribution in [0.4, 0.5) is 0 Å². The first-order valence-electron chi connectivity index (χ1n) is 4.48. The van der Waals surface area contributed by atoms with E-state index in [1.54, 1.807) is 0 Å². The minimum atomic E-state index is 1.07. The molecule has 0 saturated heterocycles. The summed E-state index contributed by atoms with van der Waals surface area (Å²) in [4.78, 5) is 4.13. The molecule has 0 amide bonds. The highest BCUT2D eigenvalue weighted by atomic mass is 79.9. The molecular weight excluding hydrogens is 294 g/mol. The molecule has 3 heteroatoms. The fourth-order valence-corrected chi connectivity index (χ4v) is 2.00. The van der Waals surface area contributed by atoms with Crippen LogP contribution in [0.1, 0.15) is 24.8 Å². The minimum absolute atomic E-state index is 1.07. The lowest BCUT2D eigenvalue weighted by Crippen LogP contribution is -1.87. The summed E-state index contributed by atoms with van der Waals surface area (Å²) in [6.07, 6.45) is 8.71. The summed E-state index contributed by atoms with van der Waals surface area (Å²) in [5, 5.41) is 1.11. The summed E-state index contributed by atoms with van der Waals surface area (Å²) in [6.45, 7) is 0. The molecule has 0 aliphatic rings. The van der Waals surface area contributed by atoms with Crippen LogP contribution in [0.5, 0.6) is 0 Å². The topological polar surface area (TPSA) is 12.9 Å². The lowest BCUT2D eigenvalue weighted by Gasteiger charge is -2.00. The summed E-state index contributed by atoms with van der Waals surface area (Å²) < 4.78 is 1.07. The highest BCUT2D eigenvalue weighted by Crippen LogP contribution is 2.12. The standard InChI is InChI=1S/C10H13Br2N/c11-5-3-1-2-4-9-6-10(12)8-13-7-9/h6-8H,1-5H2. The van der Waals surface area contributed by atoms with Crippen LogP contribution in [-0.2, 0) is 6.42 Å². The maximum absolute atomic E-state index is 4.13. The Morgan fingerprint density at radius 3 is 2.69 bits per heavy atom. The maximum Gasteiger partial charge on any atom is 0.0410 e. The van der Waals surface area contributed by atoms with E-state index in [1.165, 1.54) is 24.8 Å². The van der Waals surface area contributed by atoms with Crippen LogP contribution in [0.25, 0.3) is 0 Å². The van der Waals surface area contributed by atoms with Gasteiger partial charge < -0.3 is 0 Å². The van der Waals surface area contributed by atoms with Crippen LogP contribution in [0.2, 0.25) is 0 Å². The van der Waals surface area contributed by atoms with Gasteiger partial charge in [0.15, 0.2) is 0 Å². The fourth-order valence-electron chi connectivity index (χ4n) is 1.19. The number of halogens is 2. The highest BCUT2D eigenvalue weighted by Gasteiger charge is 1.94. The van der Waals surface area contributed by atoms with Crippen LogP contribution in [0, 0.1) is 0 Å². The molecule has 0 N–H and O–H groups in total. The van der Waals surface area contributed by atoms with E-state index in [0.29, 0.717) is 0 Å². The van der Waals surface area contributed by atoms with E-state index in [-0.39, 0.29) is 0 Å². The van der Waals surface area contributed by atoms with Gasteiger partial charge in [-0.2, -0.15) is 0 Å². The van der Waals surface area contributed by atoms with Crippen molar-refractivity contribution in [3.63, 3.8) is 0 Å². The van der Waals surface area contributed by atoms with Gasteiger partial charge in [0.05, 0.1) is 0 Å². The second-order valence-electron chi connectivity index (χ2n) is 3.01. The van der Waals surface area contributed by atoms with Crippen molar-refractivity contribution < 1.29 is 0 Å². The van der Waals surface area contributed by atoms with Crippen molar-refractivity contribution in [2.45, 2.75) is 25.7 Å². The number of nitrogens with zero attached hydrogens (tertiary/aromatic N) is 1. The number of rotatable bonds is 5. The van der Waals surface area contributed by atoms with Gasteiger partial charge in [-0.25, -0.2) is 0 Å². The Hall–Kier alpha value is 0.110. The summed E-state index contributed by atoms with van der Waals surface area (Å²) in [5.74, 6) is 0. The van der Waals surface area contributed by atoms with Gasteiger partial charge in [0.1, 0.15) is 0 Å². The minimum Gasteiger partial charge on any atom is -0.263 e. The van der Waals surface area contributed by atoms with E-state index in [9.17, 15) is 0 Å². The van der Waals surface area contributed by atoms with Crippen molar-refractivity contribution in [3.8, 4) is 0 Å². The highest BCUT2D eigenvalue weighted by molar-refractivity contribution is 9.10. The first kappa shape index (κ1) is 11.2. The van der Waals surface area contributed by atoms with E-state index < -0.39 is 0 Å². The number of unbranched alkanes of at least 4 members (excludes halogenated alkanes) is 2. The molecule has 0 aromatic carbocycles. The molecule has 1 nitrogen and oxygen atoms in total. The number of alkyl halides is 1. The lowest BCUT2D eigenvalue weighted by atomic mass is 10.1. The lowest BCUT2D eigenvalue weighted by molar-refractivity contribution is 0.722. The normalized spacial score (nSPS) is 10.3. The third-order valence-electron chi connectivity index (χ3n) is 1.86. The smallest absolute Gasteiger partial charge is 0.0410 e. The van der Waals surface area contributed by atoms with Gasteiger partial charge in [-0.15, -0.1) is 0 Å². The van der Waals surface area contributed by atoms with E-state index in [2.05, 4.69) is 42.9 Å². The molecule has 0 fully saturated rings. The second kappa shape index (κ2) is 6.55. The SMILES string of the molecule is BrCCCCCc1cncc(Br)c1. The number of hydrogen-bond donors (Lipinski definition) is 0. The van der Waals surface area contributed by atoms with Crippen LogP contribution < -0.4 is 0 Å². The fraction of sp³-hybridized carbons (Fsp3) is 0.500. The largest absolute Gasteiger partial charge is 0.263 e. The van der Waals surface area contributed by atoms with Crippen molar-refractivity contribution in [1.29, 1.82) is 0 Å². The zero-order valence-corrected chi connectivity index (χ0v) is 10.6. The average Bonchev–Trinajstić information content (AvgIpc) is 2.13. The van der Waals surface area contributed by atoms with Crippen molar-refractivity contribution in [1.82, 2.24) is 4.98 Å². The van der Waals surface area contributed by atoms with Crippen molar-refractivity contribution >= 4 is 31.9 Å². The third-order valence-corrected chi connectivity index (χ3v) is 2.85. The third kappa shape index (κ3) is 4.77. The van der Waals surface area contributed by atoms with Gasteiger partial charge in [-0.3, -0.25) is 4.98 Å². The van der Waals surface area contributed by atoms with Crippen molar-refractivity contribution in [2.24, 2.45) is 0 Å². The molecule has 13 heavy (non-hydrogen) atoms. The molecule has 0 radical (unpaired) electrons. The molecule has 1 aromatic rings. The van der Waals surface area contributed by atoms with Crippen molar-refractivity contribution in [3.05, 3.63) is 28.5 Å². The molecule has 0 spiro atoms. The molecule has 0 bridgehead atoms. The van der Waals surface area contributed by atoms with Crippen LogP contribution in [0.15, 0.2) is 22.9 Å². The van der Waals surface area contributed by atoms with Gasteiger partial charge in [0.25, 0.3) is 0 Å². The van der Waals surface area contributed by atoms with Gasteiger partial charge >= 0.3 is 0 Å². The Morgan fingerprint density at radius 1 is 1.15 bits per heavy atom. The van der Waals surface area contributed by atoms with E-state index in [1.807, 2.05) is 12.4 Å². The molecule has 72 valence electrons. The maximum atomic E-state index is 4.13. The molecule has 0 saturated carbocycles. The summed E-state index contributed by atoms with van der Waals surface area (Å²) in [5.41, 5.74) is 1.32. The zero-order valence-electron chi connectivity index (χ0n) is 7.47. The van der Waals surface area contributed by atoms with E-state index in [4.69, 9.17) is 0 Å². The van der Waals surface area contributed by atoms with Gasteiger partial charge in [0.2, 0.25) is 0 Å². The summed E-state index contributed by atoms with van der Waals surface area (Å²) in [7, 11) is 0. The number of aromatic nitrogens is 1. The zero-order chi connectivity index (χ0) is 9.52.